The van der Waals surface area contributed by atoms with E-state index in [-0.39, 0.29) is 17.9 Å². The number of esters is 2. The Hall–Kier alpha value is -2.12. The van der Waals surface area contributed by atoms with Crippen molar-refractivity contribution in [2.24, 2.45) is 29.6 Å². The maximum absolute atomic E-state index is 11.5. The second kappa shape index (κ2) is 16.6. The molecule has 3 unspecified atom stereocenters. The Morgan fingerprint density at radius 3 is 1.78 bits per heavy atom. The lowest BCUT2D eigenvalue weighted by atomic mass is 9.84. The van der Waals surface area contributed by atoms with E-state index in [1.165, 1.54) is 38.5 Å². The van der Waals surface area contributed by atoms with Crippen molar-refractivity contribution in [3.05, 3.63) is 0 Å². The molecule has 0 saturated carbocycles. The van der Waals surface area contributed by atoms with Crippen molar-refractivity contribution >= 4 is 23.9 Å². The zero-order valence-electron chi connectivity index (χ0n) is 22.9. The van der Waals surface area contributed by atoms with Crippen LogP contribution in [-0.2, 0) is 28.7 Å². The second-order valence-corrected chi connectivity index (χ2v) is 10.6. The van der Waals surface area contributed by atoms with Crippen LogP contribution < -0.4 is 0 Å². The molecule has 0 radical (unpaired) electrons. The van der Waals surface area contributed by atoms with Crippen molar-refractivity contribution in [2.45, 2.75) is 124 Å². The highest BCUT2D eigenvalue weighted by molar-refractivity contribution is 5.85. The van der Waals surface area contributed by atoms with Gasteiger partial charge < -0.3 is 19.7 Å². The number of hydrogen-bond acceptors (Lipinski definition) is 6. The summed E-state index contributed by atoms with van der Waals surface area (Å²) >= 11 is 0. The van der Waals surface area contributed by atoms with E-state index in [9.17, 15) is 24.3 Å². The van der Waals surface area contributed by atoms with Gasteiger partial charge in [-0.15, -0.1) is 0 Å². The molecule has 208 valence electrons. The molecule has 0 bridgehead atoms. The highest BCUT2D eigenvalue weighted by Crippen LogP contribution is 2.35. The molecule has 8 heteroatoms. The quantitative estimate of drug-likeness (QED) is 0.206. The fourth-order valence-corrected chi connectivity index (χ4v) is 5.16. The molecule has 36 heavy (non-hydrogen) atoms. The molecular formula is C28H48O8. The van der Waals surface area contributed by atoms with Gasteiger partial charge in [-0.25, -0.2) is 0 Å². The van der Waals surface area contributed by atoms with E-state index >= 15 is 0 Å². The average molecular weight is 513 g/mol. The Morgan fingerprint density at radius 2 is 1.22 bits per heavy atom. The summed E-state index contributed by atoms with van der Waals surface area (Å²) in [6.07, 6.45) is 12.3. The molecule has 0 aromatic rings. The zero-order valence-corrected chi connectivity index (χ0v) is 22.9. The van der Waals surface area contributed by atoms with Crippen molar-refractivity contribution in [3.63, 3.8) is 0 Å². The Morgan fingerprint density at radius 1 is 0.750 bits per heavy atom. The number of carbonyl (C=O) groups excluding carboxylic acids is 2. The van der Waals surface area contributed by atoms with Crippen LogP contribution in [0.25, 0.3) is 0 Å². The molecule has 0 aromatic carbocycles. The van der Waals surface area contributed by atoms with E-state index < -0.39 is 47.8 Å². The van der Waals surface area contributed by atoms with Crippen LogP contribution in [-0.4, -0.2) is 46.3 Å². The molecule has 8 nitrogen and oxygen atoms in total. The van der Waals surface area contributed by atoms with Crippen molar-refractivity contribution in [2.75, 3.05) is 0 Å². The van der Waals surface area contributed by atoms with Crippen LogP contribution in [0, 0.1) is 29.6 Å². The molecule has 2 aliphatic heterocycles. The minimum Gasteiger partial charge on any atom is -0.481 e. The van der Waals surface area contributed by atoms with E-state index in [1.807, 2.05) is 6.92 Å². The van der Waals surface area contributed by atoms with Gasteiger partial charge in [-0.05, 0) is 25.2 Å². The minimum absolute atomic E-state index is 0.122. The van der Waals surface area contributed by atoms with Crippen LogP contribution in [0.3, 0.4) is 0 Å². The van der Waals surface area contributed by atoms with Gasteiger partial charge in [-0.2, -0.15) is 0 Å². The van der Waals surface area contributed by atoms with Crippen molar-refractivity contribution in [1.29, 1.82) is 0 Å². The predicted octanol–water partition coefficient (Wildman–Crippen LogP) is 5.85. The van der Waals surface area contributed by atoms with Gasteiger partial charge in [-0.3, -0.25) is 19.2 Å². The molecule has 0 aromatic heterocycles. The van der Waals surface area contributed by atoms with E-state index in [4.69, 9.17) is 14.6 Å². The number of carboxylic acid groups (broad SMARTS) is 2. The van der Waals surface area contributed by atoms with E-state index in [0.29, 0.717) is 6.42 Å². The lowest BCUT2D eigenvalue weighted by Gasteiger charge is -2.22. The summed E-state index contributed by atoms with van der Waals surface area (Å²) < 4.78 is 10.4. The number of ether oxygens (including phenoxy) is 2. The van der Waals surface area contributed by atoms with Gasteiger partial charge in [0.15, 0.2) is 0 Å². The van der Waals surface area contributed by atoms with Crippen molar-refractivity contribution in [3.8, 4) is 0 Å². The van der Waals surface area contributed by atoms with Gasteiger partial charge in [0.1, 0.15) is 24.0 Å². The van der Waals surface area contributed by atoms with Gasteiger partial charge in [-0.1, -0.05) is 92.4 Å². The molecule has 0 aliphatic carbocycles. The Labute approximate surface area is 216 Å². The van der Waals surface area contributed by atoms with E-state index in [1.54, 1.807) is 13.8 Å². The SMILES string of the molecule is CCCCCCC(C)[C@@H]1OC(=O)[C@@H](C)C1C(=O)O.CCCCCCCC[C@@H]1OC(=O)[C@H](C)C1C(=O)O. The molecule has 2 heterocycles. The maximum atomic E-state index is 11.5. The summed E-state index contributed by atoms with van der Waals surface area (Å²) in [5.41, 5.74) is 0. The Kier molecular flexibility index (Phi) is 14.7. The molecule has 2 N–H and O–H groups in total. The van der Waals surface area contributed by atoms with Gasteiger partial charge in [0.2, 0.25) is 0 Å². The summed E-state index contributed by atoms with van der Waals surface area (Å²) in [6.45, 7) is 9.60. The third kappa shape index (κ3) is 9.74. The normalized spacial score (nSPS) is 28.1. The van der Waals surface area contributed by atoms with Crippen LogP contribution in [0.15, 0.2) is 0 Å². The first-order valence-corrected chi connectivity index (χ1v) is 13.9. The number of unbranched alkanes of at least 4 members (excludes halogenated alkanes) is 8. The first-order valence-electron chi connectivity index (χ1n) is 13.9. The minimum atomic E-state index is -0.918. The van der Waals surface area contributed by atoms with Crippen LogP contribution in [0.5, 0.6) is 0 Å². The van der Waals surface area contributed by atoms with Gasteiger partial charge >= 0.3 is 23.9 Å². The third-order valence-corrected chi connectivity index (χ3v) is 7.58. The second-order valence-electron chi connectivity index (χ2n) is 10.6. The van der Waals surface area contributed by atoms with Crippen molar-refractivity contribution < 1.29 is 38.9 Å². The van der Waals surface area contributed by atoms with E-state index in [0.717, 1.165) is 32.1 Å². The number of rotatable bonds is 15. The summed E-state index contributed by atoms with van der Waals surface area (Å²) in [6, 6.07) is 0. The maximum Gasteiger partial charge on any atom is 0.311 e. The van der Waals surface area contributed by atoms with Crippen LogP contribution in [0.2, 0.25) is 0 Å². The molecular weight excluding hydrogens is 464 g/mol. The fraction of sp³-hybridized carbons (Fsp3) is 0.857. The average Bonchev–Trinajstić information content (AvgIpc) is 3.28. The largest absolute Gasteiger partial charge is 0.481 e. The summed E-state index contributed by atoms with van der Waals surface area (Å²) in [7, 11) is 0. The molecule has 2 aliphatic rings. The lowest BCUT2D eigenvalue weighted by molar-refractivity contribution is -0.147. The standard InChI is InChI=1S/2C14H24O4/c1-4-5-6-7-8-9(2)12-11(13(15)16)10(3)14(17)18-12;1-3-4-5-6-7-8-9-11-12(13(15)16)10(2)14(17)18-11/h9-12H,4-8H2,1-3H3,(H,15,16);10-12H,3-9H2,1-2H3,(H,15,16)/t9?,10-,11?,12-;10-,11+,12?/m01/s1. The smallest absolute Gasteiger partial charge is 0.311 e. The number of cyclic esters (lactones) is 2. The third-order valence-electron chi connectivity index (χ3n) is 7.58. The van der Waals surface area contributed by atoms with Crippen molar-refractivity contribution in [1.82, 2.24) is 0 Å². The Bertz CT molecular complexity index is 706. The Balaban J connectivity index is 0.000000360. The number of carboxylic acids is 2. The summed E-state index contributed by atoms with van der Waals surface area (Å²) in [5.74, 6) is -4.81. The fourth-order valence-electron chi connectivity index (χ4n) is 5.16. The van der Waals surface area contributed by atoms with Gasteiger partial charge in [0, 0.05) is 0 Å². The van der Waals surface area contributed by atoms with Crippen LogP contribution in [0.1, 0.15) is 112 Å². The number of aliphatic carboxylic acids is 2. The molecule has 0 spiro atoms. The van der Waals surface area contributed by atoms with Gasteiger partial charge in [0.05, 0.1) is 11.8 Å². The molecule has 2 rings (SSSR count). The topological polar surface area (TPSA) is 127 Å². The molecule has 7 atom stereocenters. The van der Waals surface area contributed by atoms with Gasteiger partial charge in [0.25, 0.3) is 0 Å². The van der Waals surface area contributed by atoms with Crippen LogP contribution in [0.4, 0.5) is 0 Å². The lowest BCUT2D eigenvalue weighted by Crippen LogP contribution is -2.32. The molecule has 0 amide bonds. The molecule has 2 fully saturated rings. The number of carbonyl (C=O) groups is 4. The van der Waals surface area contributed by atoms with E-state index in [2.05, 4.69) is 13.8 Å². The monoisotopic (exact) mass is 512 g/mol. The summed E-state index contributed by atoms with van der Waals surface area (Å²) in [4.78, 5) is 45.2. The van der Waals surface area contributed by atoms with Crippen LogP contribution >= 0.6 is 0 Å². The predicted molar refractivity (Wildman–Crippen MR) is 136 cm³/mol. The molecule has 2 saturated heterocycles. The zero-order chi connectivity index (χ0) is 27.3. The highest BCUT2D eigenvalue weighted by atomic mass is 16.6. The summed E-state index contributed by atoms with van der Waals surface area (Å²) in [5, 5.41) is 18.3. The first kappa shape index (κ1) is 31.9. The highest BCUT2D eigenvalue weighted by Gasteiger charge is 2.48. The first-order chi connectivity index (χ1) is 17.1. The number of hydrogen-bond donors (Lipinski definition) is 2.